The minimum Gasteiger partial charge on any atom is -0.394 e. The molecule has 14 heteroatoms. The average Bonchev–Trinajstić information content (AvgIpc) is 2.59. The lowest BCUT2D eigenvalue weighted by Crippen LogP contribution is -2.65. The lowest BCUT2D eigenvalue weighted by Gasteiger charge is -2.46. The van der Waals surface area contributed by atoms with Crippen LogP contribution in [0.1, 0.15) is 264 Å². The highest BCUT2D eigenvalue weighted by atomic mass is 16.7. The van der Waals surface area contributed by atoms with Crippen LogP contribution < -0.4 is 5.32 Å². The number of amides is 1. The summed E-state index contributed by atoms with van der Waals surface area (Å²) in [5, 5.41) is 87.4. The summed E-state index contributed by atoms with van der Waals surface area (Å²) in [6, 6.07) is -0.943. The number of carbonyl (C=O) groups is 1. The van der Waals surface area contributed by atoms with Gasteiger partial charge in [-0.25, -0.2) is 0 Å². The summed E-state index contributed by atoms with van der Waals surface area (Å²) in [5.74, 6) is -0.254. The molecule has 2 aliphatic rings. The molecule has 9 N–H and O–H groups in total. The third-order valence-corrected chi connectivity index (χ3v) is 16.5. The number of aliphatic hydroxyl groups is 8. The Labute approximate surface area is 528 Å². The molecule has 0 saturated carbocycles. The van der Waals surface area contributed by atoms with Crippen LogP contribution in [0.4, 0.5) is 0 Å². The van der Waals surface area contributed by atoms with Crippen molar-refractivity contribution in [3.8, 4) is 0 Å². The minimum absolute atomic E-state index is 0.254. The van der Waals surface area contributed by atoms with Gasteiger partial charge in [0.2, 0.25) is 5.91 Å². The average molecular weight is 1230 g/mol. The summed E-state index contributed by atoms with van der Waals surface area (Å²) in [5.41, 5.74) is 0. The molecule has 0 aromatic rings. The summed E-state index contributed by atoms with van der Waals surface area (Å²) in [6.07, 6.45) is 63.2. The van der Waals surface area contributed by atoms with E-state index in [1.807, 2.05) is 6.08 Å². The van der Waals surface area contributed by atoms with Crippen LogP contribution in [0.3, 0.4) is 0 Å². The molecule has 2 aliphatic heterocycles. The molecule has 1 amide bonds. The van der Waals surface area contributed by atoms with Gasteiger partial charge < -0.3 is 65.1 Å². The first-order valence-corrected chi connectivity index (χ1v) is 35.0. The van der Waals surface area contributed by atoms with Gasteiger partial charge in [-0.15, -0.1) is 0 Å². The van der Waals surface area contributed by atoms with Crippen molar-refractivity contribution in [2.75, 3.05) is 19.8 Å². The quantitative estimate of drug-likeness (QED) is 0.0204. The van der Waals surface area contributed by atoms with E-state index >= 15 is 0 Å². The van der Waals surface area contributed by atoms with Crippen molar-refractivity contribution < 1.29 is 64.6 Å². The minimum atomic E-state index is -1.80. The van der Waals surface area contributed by atoms with Crippen LogP contribution in [-0.4, -0.2) is 140 Å². The number of aliphatic hydroxyl groups excluding tert-OH is 8. The number of rotatable bonds is 56. The fourth-order valence-electron chi connectivity index (χ4n) is 10.9. The van der Waals surface area contributed by atoms with E-state index in [-0.39, 0.29) is 18.9 Å². The Bertz CT molecular complexity index is 1830. The number of carbonyl (C=O) groups excluding carboxylic acids is 1. The predicted octanol–water partition coefficient (Wildman–Crippen LogP) is 14.2. The van der Waals surface area contributed by atoms with Crippen molar-refractivity contribution in [3.63, 3.8) is 0 Å². The molecule has 12 unspecified atom stereocenters. The van der Waals surface area contributed by atoms with Crippen LogP contribution in [0.15, 0.2) is 97.2 Å². The van der Waals surface area contributed by atoms with Crippen LogP contribution >= 0.6 is 0 Å². The predicted molar refractivity (Wildman–Crippen MR) is 355 cm³/mol. The van der Waals surface area contributed by atoms with Gasteiger partial charge in [0.1, 0.15) is 48.8 Å². The monoisotopic (exact) mass is 1230 g/mol. The van der Waals surface area contributed by atoms with E-state index in [2.05, 4.69) is 104 Å². The smallest absolute Gasteiger partial charge is 0.220 e. The molecule has 0 aliphatic carbocycles. The molecule has 502 valence electrons. The van der Waals surface area contributed by atoms with Crippen molar-refractivity contribution >= 4 is 5.91 Å². The summed E-state index contributed by atoms with van der Waals surface area (Å²) in [7, 11) is 0. The van der Waals surface area contributed by atoms with Crippen molar-refractivity contribution in [2.45, 2.75) is 338 Å². The van der Waals surface area contributed by atoms with Gasteiger partial charge in [-0.05, 0) is 89.9 Å². The number of unbranched alkanes of at least 4 members (excludes halogenated alkanes) is 29. The first-order valence-electron chi connectivity index (χ1n) is 35.0. The molecule has 2 fully saturated rings. The normalized spacial score (nSPS) is 23.9. The molecule has 0 radical (unpaired) electrons. The summed E-state index contributed by atoms with van der Waals surface area (Å²) >= 11 is 0. The van der Waals surface area contributed by atoms with E-state index in [0.717, 1.165) is 77.0 Å². The zero-order valence-electron chi connectivity index (χ0n) is 54.5. The van der Waals surface area contributed by atoms with Crippen LogP contribution in [0, 0.1) is 0 Å². The Kier molecular flexibility index (Phi) is 52.3. The van der Waals surface area contributed by atoms with Crippen molar-refractivity contribution in [3.05, 3.63) is 97.2 Å². The van der Waals surface area contributed by atoms with E-state index in [9.17, 15) is 45.6 Å². The maximum absolute atomic E-state index is 13.3. The third kappa shape index (κ3) is 41.1. The Balaban J connectivity index is 1.67. The fraction of sp³-hybridized carbons (Fsp3) is 0.767. The molecule has 2 rings (SSSR count). The molecular formula is C73H127NO13. The van der Waals surface area contributed by atoms with E-state index in [1.54, 1.807) is 6.08 Å². The first kappa shape index (κ1) is 80.0. The van der Waals surface area contributed by atoms with Crippen molar-refractivity contribution in [2.24, 2.45) is 0 Å². The zero-order chi connectivity index (χ0) is 63.1. The highest BCUT2D eigenvalue weighted by molar-refractivity contribution is 5.76. The van der Waals surface area contributed by atoms with Gasteiger partial charge in [0, 0.05) is 6.42 Å². The molecule has 2 heterocycles. The highest BCUT2D eigenvalue weighted by Crippen LogP contribution is 2.30. The maximum Gasteiger partial charge on any atom is 0.220 e. The van der Waals surface area contributed by atoms with Gasteiger partial charge in [0.25, 0.3) is 0 Å². The second kappa shape index (κ2) is 56.9. The Morgan fingerprint density at radius 1 is 0.425 bits per heavy atom. The fourth-order valence-corrected chi connectivity index (χ4v) is 10.9. The highest BCUT2D eigenvalue weighted by Gasteiger charge is 2.51. The Morgan fingerprint density at radius 2 is 0.805 bits per heavy atom. The molecule has 14 nitrogen and oxygen atoms in total. The summed E-state index contributed by atoms with van der Waals surface area (Å²) < 4.78 is 22.8. The van der Waals surface area contributed by atoms with E-state index in [0.29, 0.717) is 12.8 Å². The molecule has 0 spiro atoms. The molecule has 0 aromatic heterocycles. The number of hydrogen-bond acceptors (Lipinski definition) is 13. The molecule has 12 atom stereocenters. The maximum atomic E-state index is 13.3. The molecule has 0 aromatic carbocycles. The molecular weight excluding hydrogens is 1100 g/mol. The first-order chi connectivity index (χ1) is 42.6. The standard InChI is InChI=1S/C73H127NO13/c1-3-5-7-9-11-13-15-17-19-21-23-25-26-27-28-29-30-31-32-33-34-35-36-37-39-41-43-45-47-49-51-53-55-57-65(78)74-61(62(77)56-54-52-50-48-46-44-42-40-38-24-22-20-18-16-14-12-10-8-6-4-2)60-84-72-70(83)68(81)71(64(59-76)86-72)87-73-69(82)67(80)66(79)63(58-75)85-73/h5,7,11,13,17,19,23,25,27-28,38,40,46,48,54,56,61-64,66-73,75-77,79-83H,3-4,6,8-10,12,14-16,18,20-22,24,26,29-37,39,41-45,47,49-53,55,57-60H2,1-2H3,(H,74,78)/b7-5-,13-11-,19-17-,25-23-,28-27-,40-38+,48-46+,56-54+. The SMILES string of the molecule is CC/C=C\C/C=C\C/C=C\C/C=C\C/C=C\CCCCCCCCCCCCCCCCCCCC(=O)NC(COC1OC(CO)C(OC2OC(CO)C(O)C(O)C2O)C(O)C1O)C(O)/C=C/CC/C=C/CC/C=C/CCCCCCCCCCCC. The van der Waals surface area contributed by atoms with Crippen molar-refractivity contribution in [1.29, 1.82) is 0 Å². The lowest BCUT2D eigenvalue weighted by molar-refractivity contribution is -0.359. The largest absolute Gasteiger partial charge is 0.394 e. The van der Waals surface area contributed by atoms with Crippen molar-refractivity contribution in [1.82, 2.24) is 5.32 Å². The van der Waals surface area contributed by atoms with Gasteiger partial charge in [-0.2, -0.15) is 0 Å². The van der Waals surface area contributed by atoms with Crippen LogP contribution in [0.5, 0.6) is 0 Å². The summed E-state index contributed by atoms with van der Waals surface area (Å²) in [4.78, 5) is 13.3. The summed E-state index contributed by atoms with van der Waals surface area (Å²) in [6.45, 7) is 2.67. The van der Waals surface area contributed by atoms with E-state index in [1.165, 1.54) is 154 Å². The number of nitrogens with one attached hydrogen (secondary N) is 1. The number of allylic oxidation sites excluding steroid dienone is 15. The Hall–Kier alpha value is -3.09. The number of hydrogen-bond donors (Lipinski definition) is 9. The second-order valence-corrected chi connectivity index (χ2v) is 24.3. The topological polar surface area (TPSA) is 228 Å². The molecule has 2 saturated heterocycles. The van der Waals surface area contributed by atoms with Crippen LogP contribution in [0.25, 0.3) is 0 Å². The van der Waals surface area contributed by atoms with E-state index < -0.39 is 86.8 Å². The molecule has 87 heavy (non-hydrogen) atoms. The third-order valence-electron chi connectivity index (χ3n) is 16.5. The zero-order valence-corrected chi connectivity index (χ0v) is 54.5. The Morgan fingerprint density at radius 3 is 1.26 bits per heavy atom. The van der Waals surface area contributed by atoms with Gasteiger partial charge in [-0.1, -0.05) is 265 Å². The van der Waals surface area contributed by atoms with Crippen LogP contribution in [-0.2, 0) is 23.7 Å². The number of ether oxygens (including phenoxy) is 4. The van der Waals surface area contributed by atoms with Gasteiger partial charge in [0.15, 0.2) is 12.6 Å². The van der Waals surface area contributed by atoms with Gasteiger partial charge in [-0.3, -0.25) is 4.79 Å². The van der Waals surface area contributed by atoms with Gasteiger partial charge in [0.05, 0.1) is 32.0 Å². The molecule has 0 bridgehead atoms. The second-order valence-electron chi connectivity index (χ2n) is 24.3. The van der Waals surface area contributed by atoms with E-state index in [4.69, 9.17) is 18.9 Å². The van der Waals surface area contributed by atoms with Gasteiger partial charge >= 0.3 is 0 Å². The lowest BCUT2D eigenvalue weighted by atomic mass is 9.97. The van der Waals surface area contributed by atoms with Crippen LogP contribution in [0.2, 0.25) is 0 Å².